The van der Waals surface area contributed by atoms with E-state index >= 15 is 0 Å². The number of nitriles is 1. The molecule has 2 rings (SSSR count). The van der Waals surface area contributed by atoms with Crippen LogP contribution in [0.1, 0.15) is 24.1 Å². The Kier molecular flexibility index (Phi) is 3.44. The summed E-state index contributed by atoms with van der Waals surface area (Å²) in [5, 5.41) is 12.2. The minimum absolute atomic E-state index is 0.0787. The molecule has 0 saturated carbocycles. The van der Waals surface area contributed by atoms with Crippen LogP contribution in [-0.2, 0) is 0 Å². The fraction of sp³-hybridized carbons (Fsp3) is 0.143. The molecular weight excluding hydrogens is 224 g/mol. The number of benzene rings is 1. The van der Waals surface area contributed by atoms with Crippen LogP contribution in [0, 0.1) is 11.3 Å². The standard InChI is InChI=1S/C14H14N4/c1-10(12-3-2-6-17-9-12)18-14-7-11(8-15)4-5-13(14)16/h2-7,9-10,18H,16H2,1H3. The van der Waals surface area contributed by atoms with Crippen LogP contribution < -0.4 is 11.1 Å². The van der Waals surface area contributed by atoms with E-state index in [2.05, 4.69) is 16.4 Å². The average Bonchev–Trinajstić information content (AvgIpc) is 2.42. The molecule has 2 aromatic rings. The Labute approximate surface area is 106 Å². The van der Waals surface area contributed by atoms with Crippen molar-refractivity contribution in [3.8, 4) is 6.07 Å². The van der Waals surface area contributed by atoms with Crippen LogP contribution in [0.25, 0.3) is 0 Å². The molecule has 90 valence electrons. The van der Waals surface area contributed by atoms with E-state index < -0.39 is 0 Å². The number of aromatic nitrogens is 1. The number of hydrogen-bond acceptors (Lipinski definition) is 4. The molecule has 0 bridgehead atoms. The summed E-state index contributed by atoms with van der Waals surface area (Å²) in [6, 6.07) is 11.3. The zero-order chi connectivity index (χ0) is 13.0. The third-order valence-corrected chi connectivity index (χ3v) is 2.74. The second-order valence-electron chi connectivity index (χ2n) is 4.07. The lowest BCUT2D eigenvalue weighted by molar-refractivity contribution is 0.876. The molecule has 1 heterocycles. The van der Waals surface area contributed by atoms with Crippen LogP contribution >= 0.6 is 0 Å². The van der Waals surface area contributed by atoms with Crippen LogP contribution in [0.3, 0.4) is 0 Å². The van der Waals surface area contributed by atoms with E-state index in [9.17, 15) is 0 Å². The van der Waals surface area contributed by atoms with Gasteiger partial charge in [0.15, 0.2) is 0 Å². The van der Waals surface area contributed by atoms with E-state index in [0.29, 0.717) is 11.3 Å². The lowest BCUT2D eigenvalue weighted by Crippen LogP contribution is -2.08. The Bertz CT molecular complexity index is 572. The molecule has 4 heteroatoms. The maximum atomic E-state index is 8.88. The molecule has 0 radical (unpaired) electrons. The summed E-state index contributed by atoms with van der Waals surface area (Å²) in [4.78, 5) is 4.08. The highest BCUT2D eigenvalue weighted by Gasteiger charge is 2.07. The van der Waals surface area contributed by atoms with Crippen LogP contribution in [-0.4, -0.2) is 4.98 Å². The molecule has 1 atom stereocenters. The molecule has 0 saturated heterocycles. The van der Waals surface area contributed by atoms with Gasteiger partial charge in [0.1, 0.15) is 0 Å². The Hall–Kier alpha value is -2.54. The molecule has 1 aromatic carbocycles. The van der Waals surface area contributed by atoms with Crippen molar-refractivity contribution in [1.82, 2.24) is 4.98 Å². The number of pyridine rings is 1. The summed E-state index contributed by atoms with van der Waals surface area (Å²) in [5.41, 5.74) is 8.94. The van der Waals surface area contributed by atoms with Crippen molar-refractivity contribution in [1.29, 1.82) is 5.26 Å². The van der Waals surface area contributed by atoms with E-state index in [-0.39, 0.29) is 6.04 Å². The van der Waals surface area contributed by atoms with E-state index in [4.69, 9.17) is 11.0 Å². The summed E-state index contributed by atoms with van der Waals surface area (Å²) in [5.74, 6) is 0. The second kappa shape index (κ2) is 5.19. The molecular formula is C14H14N4. The van der Waals surface area contributed by atoms with Crippen molar-refractivity contribution in [2.75, 3.05) is 11.1 Å². The number of rotatable bonds is 3. The van der Waals surface area contributed by atoms with E-state index in [1.807, 2.05) is 25.3 Å². The summed E-state index contributed by atoms with van der Waals surface area (Å²) >= 11 is 0. The third-order valence-electron chi connectivity index (χ3n) is 2.74. The van der Waals surface area contributed by atoms with Gasteiger partial charge in [-0.1, -0.05) is 6.07 Å². The molecule has 4 nitrogen and oxygen atoms in total. The molecule has 1 unspecified atom stereocenters. The maximum absolute atomic E-state index is 8.88. The van der Waals surface area contributed by atoms with Crippen molar-refractivity contribution < 1.29 is 0 Å². The molecule has 0 amide bonds. The normalized spacial score (nSPS) is 11.6. The Morgan fingerprint density at radius 3 is 2.89 bits per heavy atom. The fourth-order valence-corrected chi connectivity index (χ4v) is 1.70. The van der Waals surface area contributed by atoms with Gasteiger partial charge >= 0.3 is 0 Å². The van der Waals surface area contributed by atoms with Crippen LogP contribution in [0.15, 0.2) is 42.7 Å². The minimum atomic E-state index is 0.0787. The molecule has 0 aliphatic carbocycles. The Morgan fingerprint density at radius 2 is 2.22 bits per heavy atom. The summed E-state index contributed by atoms with van der Waals surface area (Å²) in [6.45, 7) is 2.02. The van der Waals surface area contributed by atoms with Gasteiger partial charge in [-0.3, -0.25) is 4.98 Å². The lowest BCUT2D eigenvalue weighted by atomic mass is 10.1. The topological polar surface area (TPSA) is 74.7 Å². The highest BCUT2D eigenvalue weighted by Crippen LogP contribution is 2.24. The average molecular weight is 238 g/mol. The van der Waals surface area contributed by atoms with Crippen molar-refractivity contribution in [3.05, 3.63) is 53.9 Å². The largest absolute Gasteiger partial charge is 0.397 e. The monoisotopic (exact) mass is 238 g/mol. The summed E-state index contributed by atoms with van der Waals surface area (Å²) in [6.07, 6.45) is 3.54. The maximum Gasteiger partial charge on any atom is 0.0992 e. The van der Waals surface area contributed by atoms with Crippen molar-refractivity contribution in [2.24, 2.45) is 0 Å². The first-order chi connectivity index (χ1) is 8.70. The third kappa shape index (κ3) is 2.58. The van der Waals surface area contributed by atoms with Crippen LogP contribution in [0.2, 0.25) is 0 Å². The SMILES string of the molecule is CC(Nc1cc(C#N)ccc1N)c1cccnc1. The predicted octanol–water partition coefficient (Wildman–Crippen LogP) is 2.71. The van der Waals surface area contributed by atoms with Gasteiger partial charge in [0.25, 0.3) is 0 Å². The van der Waals surface area contributed by atoms with Gasteiger partial charge in [0.05, 0.1) is 29.0 Å². The molecule has 3 N–H and O–H groups in total. The van der Waals surface area contributed by atoms with Gasteiger partial charge in [-0.05, 0) is 36.8 Å². The molecule has 1 aromatic heterocycles. The van der Waals surface area contributed by atoms with E-state index in [1.54, 1.807) is 24.4 Å². The number of nitrogens with one attached hydrogen (secondary N) is 1. The van der Waals surface area contributed by atoms with Gasteiger partial charge in [-0.15, -0.1) is 0 Å². The fourth-order valence-electron chi connectivity index (χ4n) is 1.70. The van der Waals surface area contributed by atoms with Crippen molar-refractivity contribution >= 4 is 11.4 Å². The van der Waals surface area contributed by atoms with Gasteiger partial charge < -0.3 is 11.1 Å². The van der Waals surface area contributed by atoms with Gasteiger partial charge in [0, 0.05) is 12.4 Å². The number of nitrogens with zero attached hydrogens (tertiary/aromatic N) is 2. The molecule has 0 fully saturated rings. The molecule has 0 aliphatic rings. The Morgan fingerprint density at radius 1 is 1.39 bits per heavy atom. The van der Waals surface area contributed by atoms with Crippen LogP contribution in [0.4, 0.5) is 11.4 Å². The summed E-state index contributed by atoms with van der Waals surface area (Å²) < 4.78 is 0. The highest BCUT2D eigenvalue weighted by molar-refractivity contribution is 5.68. The number of hydrogen-bond donors (Lipinski definition) is 2. The van der Waals surface area contributed by atoms with Crippen LogP contribution in [0.5, 0.6) is 0 Å². The minimum Gasteiger partial charge on any atom is -0.397 e. The van der Waals surface area contributed by atoms with Gasteiger partial charge in [0.2, 0.25) is 0 Å². The first kappa shape index (κ1) is 11.9. The second-order valence-corrected chi connectivity index (χ2v) is 4.07. The van der Waals surface area contributed by atoms with Crippen molar-refractivity contribution in [3.63, 3.8) is 0 Å². The first-order valence-corrected chi connectivity index (χ1v) is 5.67. The van der Waals surface area contributed by atoms with Gasteiger partial charge in [-0.25, -0.2) is 0 Å². The quantitative estimate of drug-likeness (QED) is 0.806. The van der Waals surface area contributed by atoms with E-state index in [1.165, 1.54) is 0 Å². The number of nitrogens with two attached hydrogens (primary N) is 1. The zero-order valence-electron chi connectivity index (χ0n) is 10.1. The number of anilines is 2. The lowest BCUT2D eigenvalue weighted by Gasteiger charge is -2.17. The Balaban J connectivity index is 2.22. The number of nitrogen functional groups attached to an aromatic ring is 1. The molecule has 0 spiro atoms. The summed E-state index contributed by atoms with van der Waals surface area (Å²) in [7, 11) is 0. The molecule has 18 heavy (non-hydrogen) atoms. The first-order valence-electron chi connectivity index (χ1n) is 5.67. The zero-order valence-corrected chi connectivity index (χ0v) is 10.1. The predicted molar refractivity (Wildman–Crippen MR) is 71.8 cm³/mol. The van der Waals surface area contributed by atoms with E-state index in [0.717, 1.165) is 11.3 Å². The highest BCUT2D eigenvalue weighted by atomic mass is 14.9. The van der Waals surface area contributed by atoms with Gasteiger partial charge in [-0.2, -0.15) is 5.26 Å². The van der Waals surface area contributed by atoms with Crippen molar-refractivity contribution in [2.45, 2.75) is 13.0 Å². The smallest absolute Gasteiger partial charge is 0.0992 e. The molecule has 0 aliphatic heterocycles.